The van der Waals surface area contributed by atoms with Gasteiger partial charge in [0.2, 0.25) is 0 Å². The third-order valence-corrected chi connectivity index (χ3v) is 4.57. The van der Waals surface area contributed by atoms with Crippen molar-refractivity contribution >= 4 is 0 Å². The molecule has 102 valence electrons. The van der Waals surface area contributed by atoms with E-state index >= 15 is 0 Å². The van der Waals surface area contributed by atoms with Crippen LogP contribution in [0.25, 0.3) is 0 Å². The number of hydrogen-bond donors (Lipinski definition) is 1. The van der Waals surface area contributed by atoms with E-state index in [2.05, 4.69) is 42.1 Å². The number of aryl methyl sites for hydroxylation is 1. The molecule has 3 unspecified atom stereocenters. The molecule has 2 rings (SSSR count). The fourth-order valence-electron chi connectivity index (χ4n) is 3.38. The highest BCUT2D eigenvalue weighted by Crippen LogP contribution is 2.41. The SMILES string of the molecule is CCNCC1CCC(CC)CC1c1ccnn1C. The summed E-state index contributed by atoms with van der Waals surface area (Å²) in [6.45, 7) is 6.75. The van der Waals surface area contributed by atoms with E-state index in [-0.39, 0.29) is 0 Å². The zero-order valence-electron chi connectivity index (χ0n) is 12.0. The van der Waals surface area contributed by atoms with Crippen LogP contribution in [0.2, 0.25) is 0 Å². The Morgan fingerprint density at radius 1 is 1.39 bits per heavy atom. The predicted molar refractivity (Wildman–Crippen MR) is 75.6 cm³/mol. The molecule has 1 aromatic heterocycles. The average molecular weight is 249 g/mol. The minimum absolute atomic E-state index is 0.690. The molecular weight excluding hydrogens is 222 g/mol. The first-order valence-corrected chi connectivity index (χ1v) is 7.44. The Morgan fingerprint density at radius 3 is 2.83 bits per heavy atom. The number of rotatable bonds is 5. The lowest BCUT2D eigenvalue weighted by Gasteiger charge is -2.36. The summed E-state index contributed by atoms with van der Waals surface area (Å²) in [7, 11) is 2.08. The van der Waals surface area contributed by atoms with E-state index in [1.165, 1.54) is 31.4 Å². The summed E-state index contributed by atoms with van der Waals surface area (Å²) >= 11 is 0. The van der Waals surface area contributed by atoms with Gasteiger partial charge in [-0.3, -0.25) is 4.68 Å². The van der Waals surface area contributed by atoms with Gasteiger partial charge in [0.25, 0.3) is 0 Å². The Morgan fingerprint density at radius 2 is 2.22 bits per heavy atom. The van der Waals surface area contributed by atoms with E-state index < -0.39 is 0 Å². The summed E-state index contributed by atoms with van der Waals surface area (Å²) in [5.74, 6) is 2.38. The van der Waals surface area contributed by atoms with Crippen molar-refractivity contribution < 1.29 is 0 Å². The summed E-state index contributed by atoms with van der Waals surface area (Å²) in [6, 6.07) is 2.21. The quantitative estimate of drug-likeness (QED) is 0.869. The number of nitrogens with zero attached hydrogens (tertiary/aromatic N) is 2. The molecule has 0 radical (unpaired) electrons. The number of aromatic nitrogens is 2. The van der Waals surface area contributed by atoms with Crippen LogP contribution in [0, 0.1) is 11.8 Å². The number of nitrogens with one attached hydrogen (secondary N) is 1. The van der Waals surface area contributed by atoms with Crippen LogP contribution in [-0.2, 0) is 7.05 Å². The van der Waals surface area contributed by atoms with Crippen molar-refractivity contribution in [3.63, 3.8) is 0 Å². The van der Waals surface area contributed by atoms with E-state index in [1.54, 1.807) is 0 Å². The van der Waals surface area contributed by atoms with Crippen molar-refractivity contribution in [2.24, 2.45) is 18.9 Å². The Kier molecular flexibility index (Phi) is 4.81. The lowest BCUT2D eigenvalue weighted by molar-refractivity contribution is 0.220. The summed E-state index contributed by atoms with van der Waals surface area (Å²) < 4.78 is 2.07. The Balaban J connectivity index is 2.11. The summed E-state index contributed by atoms with van der Waals surface area (Å²) in [4.78, 5) is 0. The molecule has 0 bridgehead atoms. The monoisotopic (exact) mass is 249 g/mol. The van der Waals surface area contributed by atoms with E-state index in [1.807, 2.05) is 6.20 Å². The van der Waals surface area contributed by atoms with Gasteiger partial charge in [0, 0.05) is 24.9 Å². The predicted octanol–water partition coefficient (Wildman–Crippen LogP) is 2.94. The molecule has 3 atom stereocenters. The molecule has 0 aromatic carbocycles. The second-order valence-corrected chi connectivity index (χ2v) is 5.64. The first kappa shape index (κ1) is 13.6. The Bertz CT molecular complexity index is 358. The molecule has 1 saturated carbocycles. The smallest absolute Gasteiger partial charge is 0.0492 e. The first-order chi connectivity index (χ1) is 8.76. The maximum atomic E-state index is 4.35. The van der Waals surface area contributed by atoms with Gasteiger partial charge in [-0.15, -0.1) is 0 Å². The van der Waals surface area contributed by atoms with Crippen LogP contribution < -0.4 is 5.32 Å². The second kappa shape index (κ2) is 6.37. The van der Waals surface area contributed by atoms with E-state index in [0.29, 0.717) is 5.92 Å². The van der Waals surface area contributed by atoms with Gasteiger partial charge in [0.15, 0.2) is 0 Å². The normalized spacial score (nSPS) is 28.5. The summed E-state index contributed by atoms with van der Waals surface area (Å²) in [5, 5.41) is 7.89. The van der Waals surface area contributed by atoms with Crippen LogP contribution in [-0.4, -0.2) is 22.9 Å². The molecule has 1 heterocycles. The first-order valence-electron chi connectivity index (χ1n) is 7.44. The molecular formula is C15H27N3. The summed E-state index contributed by atoms with van der Waals surface area (Å²) in [5.41, 5.74) is 1.43. The molecule has 1 N–H and O–H groups in total. The van der Waals surface area contributed by atoms with Crippen LogP contribution >= 0.6 is 0 Å². The summed E-state index contributed by atoms with van der Waals surface area (Å²) in [6.07, 6.45) is 7.37. The Labute approximate surface area is 111 Å². The van der Waals surface area contributed by atoms with Crippen molar-refractivity contribution in [2.75, 3.05) is 13.1 Å². The van der Waals surface area contributed by atoms with Crippen molar-refractivity contribution in [3.05, 3.63) is 18.0 Å². The highest BCUT2D eigenvalue weighted by atomic mass is 15.3. The van der Waals surface area contributed by atoms with Gasteiger partial charge >= 0.3 is 0 Å². The zero-order chi connectivity index (χ0) is 13.0. The second-order valence-electron chi connectivity index (χ2n) is 5.64. The lowest BCUT2D eigenvalue weighted by atomic mass is 9.71. The van der Waals surface area contributed by atoms with Gasteiger partial charge < -0.3 is 5.32 Å². The topological polar surface area (TPSA) is 29.9 Å². The zero-order valence-corrected chi connectivity index (χ0v) is 12.0. The van der Waals surface area contributed by atoms with Crippen molar-refractivity contribution in [3.8, 4) is 0 Å². The van der Waals surface area contributed by atoms with Crippen LogP contribution in [0.15, 0.2) is 12.3 Å². The molecule has 0 saturated heterocycles. The molecule has 1 aliphatic carbocycles. The molecule has 0 spiro atoms. The third-order valence-electron chi connectivity index (χ3n) is 4.57. The molecule has 3 heteroatoms. The maximum Gasteiger partial charge on any atom is 0.0492 e. The molecule has 0 aliphatic heterocycles. The standard InChI is InChI=1S/C15H27N3/c1-4-12-6-7-13(11-16-5-2)14(10-12)15-8-9-17-18(15)3/h8-9,12-14,16H,4-7,10-11H2,1-3H3. The highest BCUT2D eigenvalue weighted by molar-refractivity contribution is 5.11. The Hall–Kier alpha value is -0.830. The molecule has 0 amide bonds. The molecule has 1 aromatic rings. The van der Waals surface area contributed by atoms with Crippen LogP contribution in [0.5, 0.6) is 0 Å². The van der Waals surface area contributed by atoms with E-state index in [0.717, 1.165) is 24.9 Å². The van der Waals surface area contributed by atoms with Gasteiger partial charge in [-0.2, -0.15) is 5.10 Å². The number of hydrogen-bond acceptors (Lipinski definition) is 2. The van der Waals surface area contributed by atoms with Gasteiger partial charge in [0.05, 0.1) is 0 Å². The van der Waals surface area contributed by atoms with Crippen LogP contribution in [0.4, 0.5) is 0 Å². The van der Waals surface area contributed by atoms with Gasteiger partial charge in [-0.25, -0.2) is 0 Å². The minimum atomic E-state index is 0.690. The molecule has 1 aliphatic rings. The lowest BCUT2D eigenvalue weighted by Crippen LogP contribution is -2.32. The molecule has 18 heavy (non-hydrogen) atoms. The molecule has 3 nitrogen and oxygen atoms in total. The van der Waals surface area contributed by atoms with Crippen molar-refractivity contribution in [2.45, 2.75) is 45.4 Å². The van der Waals surface area contributed by atoms with Crippen molar-refractivity contribution in [1.29, 1.82) is 0 Å². The molecule has 1 fully saturated rings. The fourth-order valence-corrected chi connectivity index (χ4v) is 3.38. The average Bonchev–Trinajstić information content (AvgIpc) is 2.82. The maximum absolute atomic E-state index is 4.35. The highest BCUT2D eigenvalue weighted by Gasteiger charge is 2.31. The minimum Gasteiger partial charge on any atom is -0.317 e. The van der Waals surface area contributed by atoms with E-state index in [4.69, 9.17) is 0 Å². The van der Waals surface area contributed by atoms with Gasteiger partial charge in [-0.05, 0) is 43.8 Å². The third kappa shape index (κ3) is 2.94. The van der Waals surface area contributed by atoms with Crippen molar-refractivity contribution in [1.82, 2.24) is 15.1 Å². The van der Waals surface area contributed by atoms with Gasteiger partial charge in [0.1, 0.15) is 0 Å². The van der Waals surface area contributed by atoms with Gasteiger partial charge in [-0.1, -0.05) is 26.7 Å². The van der Waals surface area contributed by atoms with Crippen LogP contribution in [0.3, 0.4) is 0 Å². The fraction of sp³-hybridized carbons (Fsp3) is 0.800. The van der Waals surface area contributed by atoms with E-state index in [9.17, 15) is 0 Å². The van der Waals surface area contributed by atoms with Crippen LogP contribution in [0.1, 0.15) is 51.1 Å². The largest absolute Gasteiger partial charge is 0.317 e.